The van der Waals surface area contributed by atoms with Gasteiger partial charge in [0.05, 0.1) is 6.54 Å². The first-order valence-electron chi connectivity index (χ1n) is 7.22. The van der Waals surface area contributed by atoms with Crippen molar-refractivity contribution in [3.8, 4) is 0 Å². The average Bonchev–Trinajstić information content (AvgIpc) is 2.41. The van der Waals surface area contributed by atoms with Crippen LogP contribution < -0.4 is 0 Å². The van der Waals surface area contributed by atoms with Gasteiger partial charge in [-0.1, -0.05) is 19.9 Å². The third kappa shape index (κ3) is 4.49. The SMILES string of the molecule is CC(C)c1ccc(CN2CCN(CC(F)F)CC2)cn1. The number of piperazine rings is 1. The second-order valence-electron chi connectivity index (χ2n) is 5.71. The zero-order chi connectivity index (χ0) is 14.5. The summed E-state index contributed by atoms with van der Waals surface area (Å²) in [6.07, 6.45) is -0.296. The molecule has 1 aliphatic heterocycles. The molecule has 1 fully saturated rings. The highest BCUT2D eigenvalue weighted by molar-refractivity contribution is 5.16. The number of hydrogen-bond donors (Lipinski definition) is 0. The number of pyridine rings is 1. The van der Waals surface area contributed by atoms with Crippen LogP contribution in [0.3, 0.4) is 0 Å². The van der Waals surface area contributed by atoms with Crippen LogP contribution in [-0.4, -0.2) is 53.9 Å². The molecule has 3 nitrogen and oxygen atoms in total. The number of aromatic nitrogens is 1. The van der Waals surface area contributed by atoms with E-state index in [4.69, 9.17) is 0 Å². The van der Waals surface area contributed by atoms with Crippen molar-refractivity contribution in [2.75, 3.05) is 32.7 Å². The van der Waals surface area contributed by atoms with Crippen LogP contribution in [0, 0.1) is 0 Å². The molecule has 1 saturated heterocycles. The van der Waals surface area contributed by atoms with E-state index in [1.54, 1.807) is 0 Å². The van der Waals surface area contributed by atoms with Gasteiger partial charge in [-0.15, -0.1) is 0 Å². The normalized spacial score (nSPS) is 18.1. The lowest BCUT2D eigenvalue weighted by Gasteiger charge is -2.34. The van der Waals surface area contributed by atoms with E-state index in [1.165, 1.54) is 5.56 Å². The van der Waals surface area contributed by atoms with Crippen LogP contribution >= 0.6 is 0 Å². The van der Waals surface area contributed by atoms with Gasteiger partial charge in [-0.05, 0) is 17.5 Å². The Kier molecular flexibility index (Phi) is 5.43. The molecule has 112 valence electrons. The zero-order valence-electron chi connectivity index (χ0n) is 12.2. The summed E-state index contributed by atoms with van der Waals surface area (Å²) in [5.41, 5.74) is 2.30. The predicted octanol–water partition coefficient (Wildman–Crippen LogP) is 2.59. The fraction of sp³-hybridized carbons (Fsp3) is 0.667. The Hall–Kier alpha value is -1.07. The molecule has 1 aromatic heterocycles. The van der Waals surface area contributed by atoms with E-state index in [2.05, 4.69) is 35.9 Å². The van der Waals surface area contributed by atoms with Crippen LogP contribution in [0.5, 0.6) is 0 Å². The molecule has 5 heteroatoms. The molecule has 1 aliphatic rings. The second kappa shape index (κ2) is 7.09. The minimum atomic E-state index is -2.23. The molecule has 0 amide bonds. The Bertz CT molecular complexity index is 398. The molecule has 0 saturated carbocycles. The van der Waals surface area contributed by atoms with E-state index in [-0.39, 0.29) is 6.54 Å². The first-order chi connectivity index (χ1) is 9.54. The average molecular weight is 283 g/mol. The van der Waals surface area contributed by atoms with Crippen LogP contribution in [0.4, 0.5) is 8.78 Å². The van der Waals surface area contributed by atoms with Gasteiger partial charge in [0.25, 0.3) is 6.43 Å². The van der Waals surface area contributed by atoms with Crippen molar-refractivity contribution in [2.24, 2.45) is 0 Å². The van der Waals surface area contributed by atoms with E-state index < -0.39 is 6.43 Å². The van der Waals surface area contributed by atoms with Gasteiger partial charge in [-0.2, -0.15) is 0 Å². The summed E-state index contributed by atoms with van der Waals surface area (Å²) in [7, 11) is 0. The number of halogens is 2. The largest absolute Gasteiger partial charge is 0.296 e. The second-order valence-corrected chi connectivity index (χ2v) is 5.71. The van der Waals surface area contributed by atoms with E-state index in [0.29, 0.717) is 5.92 Å². The third-order valence-corrected chi connectivity index (χ3v) is 3.71. The van der Waals surface area contributed by atoms with Gasteiger partial charge >= 0.3 is 0 Å². The monoisotopic (exact) mass is 283 g/mol. The van der Waals surface area contributed by atoms with Crippen LogP contribution in [-0.2, 0) is 6.54 Å². The van der Waals surface area contributed by atoms with Crippen LogP contribution in [0.2, 0.25) is 0 Å². The molecule has 2 heterocycles. The highest BCUT2D eigenvalue weighted by Crippen LogP contribution is 2.13. The lowest BCUT2D eigenvalue weighted by molar-refractivity contribution is 0.0543. The summed E-state index contributed by atoms with van der Waals surface area (Å²) in [4.78, 5) is 8.60. The van der Waals surface area contributed by atoms with Crippen molar-refractivity contribution in [1.82, 2.24) is 14.8 Å². The Morgan fingerprint density at radius 3 is 2.25 bits per heavy atom. The number of alkyl halides is 2. The molecule has 0 unspecified atom stereocenters. The van der Waals surface area contributed by atoms with Gasteiger partial charge in [-0.3, -0.25) is 14.8 Å². The number of hydrogen-bond acceptors (Lipinski definition) is 3. The van der Waals surface area contributed by atoms with Crippen LogP contribution in [0.25, 0.3) is 0 Å². The molecular weight excluding hydrogens is 260 g/mol. The quantitative estimate of drug-likeness (QED) is 0.828. The summed E-state index contributed by atoms with van der Waals surface area (Å²) in [6.45, 7) is 8.15. The number of rotatable bonds is 5. The van der Waals surface area contributed by atoms with E-state index in [0.717, 1.165) is 38.4 Å². The van der Waals surface area contributed by atoms with Gasteiger partial charge < -0.3 is 0 Å². The molecule has 0 aliphatic carbocycles. The Morgan fingerprint density at radius 1 is 1.10 bits per heavy atom. The van der Waals surface area contributed by atoms with Gasteiger partial charge in [0.2, 0.25) is 0 Å². The molecule has 1 aromatic rings. The lowest BCUT2D eigenvalue weighted by Crippen LogP contribution is -2.47. The molecule has 0 atom stereocenters. The highest BCUT2D eigenvalue weighted by atomic mass is 19.3. The topological polar surface area (TPSA) is 19.4 Å². The van der Waals surface area contributed by atoms with Crippen molar-refractivity contribution in [1.29, 1.82) is 0 Å². The summed E-state index contributed by atoms with van der Waals surface area (Å²) in [5, 5.41) is 0. The maximum absolute atomic E-state index is 12.3. The summed E-state index contributed by atoms with van der Waals surface area (Å²) in [5.74, 6) is 0.446. The fourth-order valence-electron chi connectivity index (χ4n) is 2.45. The maximum Gasteiger partial charge on any atom is 0.251 e. The van der Waals surface area contributed by atoms with Gasteiger partial charge in [0.1, 0.15) is 0 Å². The molecule has 0 bridgehead atoms. The highest BCUT2D eigenvalue weighted by Gasteiger charge is 2.19. The molecule has 2 rings (SSSR count). The molecule has 0 aromatic carbocycles. The summed E-state index contributed by atoms with van der Waals surface area (Å²) < 4.78 is 24.6. The minimum Gasteiger partial charge on any atom is -0.296 e. The van der Waals surface area contributed by atoms with E-state index in [9.17, 15) is 8.78 Å². The van der Waals surface area contributed by atoms with Crippen molar-refractivity contribution in [3.63, 3.8) is 0 Å². The molecule has 0 spiro atoms. The third-order valence-electron chi connectivity index (χ3n) is 3.71. The molecule has 0 radical (unpaired) electrons. The van der Waals surface area contributed by atoms with Crippen LogP contribution in [0.15, 0.2) is 18.3 Å². The van der Waals surface area contributed by atoms with Gasteiger partial charge in [0, 0.05) is 44.6 Å². The van der Waals surface area contributed by atoms with E-state index >= 15 is 0 Å². The molecule has 20 heavy (non-hydrogen) atoms. The van der Waals surface area contributed by atoms with Crippen molar-refractivity contribution in [2.45, 2.75) is 32.7 Å². The first kappa shape index (κ1) is 15.3. The maximum atomic E-state index is 12.3. The van der Waals surface area contributed by atoms with Crippen LogP contribution in [0.1, 0.15) is 31.0 Å². The summed E-state index contributed by atoms with van der Waals surface area (Å²) >= 11 is 0. The molecule has 0 N–H and O–H groups in total. The fourth-order valence-corrected chi connectivity index (χ4v) is 2.45. The predicted molar refractivity (Wildman–Crippen MR) is 76.0 cm³/mol. The Morgan fingerprint density at radius 2 is 1.75 bits per heavy atom. The Balaban J connectivity index is 1.80. The van der Waals surface area contributed by atoms with Crippen molar-refractivity contribution in [3.05, 3.63) is 29.6 Å². The molecular formula is C15H23F2N3. The zero-order valence-corrected chi connectivity index (χ0v) is 12.2. The van der Waals surface area contributed by atoms with Crippen molar-refractivity contribution >= 4 is 0 Å². The van der Waals surface area contributed by atoms with Crippen molar-refractivity contribution < 1.29 is 8.78 Å². The Labute approximate surface area is 119 Å². The number of nitrogens with zero attached hydrogens (tertiary/aromatic N) is 3. The minimum absolute atomic E-state index is 0.0987. The standard InChI is InChI=1S/C15H23F2N3/c1-12(2)14-4-3-13(9-18-14)10-19-5-7-20(8-6-19)11-15(16)17/h3-4,9,12,15H,5-8,10-11H2,1-2H3. The lowest BCUT2D eigenvalue weighted by atomic mass is 10.1. The van der Waals surface area contributed by atoms with Gasteiger partial charge in [0.15, 0.2) is 0 Å². The summed E-state index contributed by atoms with van der Waals surface area (Å²) in [6, 6.07) is 4.20. The van der Waals surface area contributed by atoms with Gasteiger partial charge in [-0.25, -0.2) is 8.78 Å². The van der Waals surface area contributed by atoms with E-state index in [1.807, 2.05) is 11.1 Å². The smallest absolute Gasteiger partial charge is 0.251 e. The first-order valence-corrected chi connectivity index (χ1v) is 7.22.